The molecule has 0 bridgehead atoms. The molecule has 2 unspecified atom stereocenters. The Morgan fingerprint density at radius 3 is 2.35 bits per heavy atom. The van der Waals surface area contributed by atoms with Crippen LogP contribution in [0.3, 0.4) is 0 Å². The highest BCUT2D eigenvalue weighted by Gasteiger charge is 2.15. The fourth-order valence-electron chi connectivity index (χ4n) is 2.10. The molecule has 1 aromatic carbocycles. The highest BCUT2D eigenvalue weighted by atomic mass is 16.3. The molecule has 0 spiro atoms. The second kappa shape index (κ2) is 7.46. The summed E-state index contributed by atoms with van der Waals surface area (Å²) < 4.78 is 0. The lowest BCUT2D eigenvalue weighted by Crippen LogP contribution is -2.32. The molecule has 0 aliphatic carbocycles. The van der Waals surface area contributed by atoms with Gasteiger partial charge < -0.3 is 10.4 Å². The number of aliphatic hydroxyl groups is 1. The monoisotopic (exact) mass is 235 g/mol. The Balaban J connectivity index is 2.56. The zero-order valence-electron chi connectivity index (χ0n) is 11.2. The minimum atomic E-state index is -0.232. The van der Waals surface area contributed by atoms with Crippen LogP contribution < -0.4 is 5.32 Å². The van der Waals surface area contributed by atoms with E-state index in [2.05, 4.69) is 50.4 Å². The van der Waals surface area contributed by atoms with Gasteiger partial charge in [-0.2, -0.15) is 0 Å². The molecule has 2 N–H and O–H groups in total. The first kappa shape index (κ1) is 14.2. The molecule has 0 saturated carbocycles. The number of aliphatic hydroxyl groups excluding tert-OH is 1. The lowest BCUT2D eigenvalue weighted by atomic mass is 9.96. The molecule has 0 amide bonds. The Labute approximate surface area is 105 Å². The number of benzene rings is 1. The van der Waals surface area contributed by atoms with Crippen LogP contribution in [0.15, 0.2) is 30.3 Å². The van der Waals surface area contributed by atoms with Gasteiger partial charge in [0.25, 0.3) is 0 Å². The largest absolute Gasteiger partial charge is 0.392 e. The molecule has 96 valence electrons. The van der Waals surface area contributed by atoms with Crippen molar-refractivity contribution in [3.8, 4) is 0 Å². The minimum Gasteiger partial charge on any atom is -0.392 e. The number of hydrogen-bond donors (Lipinski definition) is 2. The molecule has 2 nitrogen and oxygen atoms in total. The van der Waals surface area contributed by atoms with Crippen molar-refractivity contribution in [2.45, 2.75) is 45.8 Å². The third-order valence-corrected chi connectivity index (χ3v) is 3.02. The van der Waals surface area contributed by atoms with Crippen LogP contribution >= 0.6 is 0 Å². The molecule has 0 aliphatic heterocycles. The molecule has 0 aliphatic rings. The van der Waals surface area contributed by atoms with Crippen LogP contribution in [-0.2, 0) is 0 Å². The fourth-order valence-corrected chi connectivity index (χ4v) is 2.10. The summed E-state index contributed by atoms with van der Waals surface area (Å²) in [4.78, 5) is 0. The van der Waals surface area contributed by atoms with Crippen molar-refractivity contribution in [3.63, 3.8) is 0 Å². The van der Waals surface area contributed by atoms with E-state index in [1.165, 1.54) is 5.56 Å². The summed E-state index contributed by atoms with van der Waals surface area (Å²) in [5.41, 5.74) is 1.30. The van der Waals surface area contributed by atoms with Gasteiger partial charge in [-0.25, -0.2) is 0 Å². The second-order valence-corrected chi connectivity index (χ2v) is 4.98. The third kappa shape index (κ3) is 4.88. The van der Waals surface area contributed by atoms with Gasteiger partial charge in [-0.05, 0) is 17.9 Å². The lowest BCUT2D eigenvalue weighted by Gasteiger charge is -2.24. The van der Waals surface area contributed by atoms with Gasteiger partial charge >= 0.3 is 0 Å². The molecule has 0 aromatic heterocycles. The van der Waals surface area contributed by atoms with Gasteiger partial charge in [-0.15, -0.1) is 0 Å². The van der Waals surface area contributed by atoms with Gasteiger partial charge in [0.15, 0.2) is 0 Å². The van der Waals surface area contributed by atoms with Crippen LogP contribution in [0.1, 0.15) is 45.2 Å². The average molecular weight is 235 g/mol. The molecule has 0 saturated heterocycles. The zero-order chi connectivity index (χ0) is 12.7. The maximum absolute atomic E-state index is 9.76. The first-order chi connectivity index (χ1) is 8.15. The average Bonchev–Trinajstić information content (AvgIpc) is 2.30. The Kier molecular flexibility index (Phi) is 6.23. The number of nitrogens with one attached hydrogen (secondary N) is 1. The predicted octanol–water partition coefficient (Wildman–Crippen LogP) is 3.13. The highest BCUT2D eigenvalue weighted by molar-refractivity contribution is 5.19. The van der Waals surface area contributed by atoms with Crippen molar-refractivity contribution < 1.29 is 5.11 Å². The van der Waals surface area contributed by atoms with Crippen molar-refractivity contribution in [2.24, 2.45) is 5.92 Å². The van der Waals surface area contributed by atoms with E-state index < -0.39 is 0 Å². The van der Waals surface area contributed by atoms with Gasteiger partial charge in [-0.3, -0.25) is 0 Å². The SMILES string of the molecule is CCCC(O)CNC(c1ccccc1)C(C)C. The molecule has 1 rings (SSSR count). The van der Waals surface area contributed by atoms with E-state index in [9.17, 15) is 5.11 Å². The van der Waals surface area contributed by atoms with E-state index in [0.717, 1.165) is 12.8 Å². The van der Waals surface area contributed by atoms with Crippen LogP contribution in [0.5, 0.6) is 0 Å². The van der Waals surface area contributed by atoms with E-state index in [4.69, 9.17) is 0 Å². The number of hydrogen-bond acceptors (Lipinski definition) is 2. The fraction of sp³-hybridized carbons (Fsp3) is 0.600. The van der Waals surface area contributed by atoms with Gasteiger partial charge in [-0.1, -0.05) is 57.5 Å². The maximum Gasteiger partial charge on any atom is 0.0664 e. The number of rotatable bonds is 7. The summed E-state index contributed by atoms with van der Waals surface area (Å²) in [6, 6.07) is 10.8. The molecule has 17 heavy (non-hydrogen) atoms. The maximum atomic E-state index is 9.76. The van der Waals surface area contributed by atoms with Crippen molar-refractivity contribution in [1.82, 2.24) is 5.32 Å². The third-order valence-electron chi connectivity index (χ3n) is 3.02. The van der Waals surface area contributed by atoms with Crippen LogP contribution in [0.4, 0.5) is 0 Å². The van der Waals surface area contributed by atoms with E-state index in [1.807, 2.05) is 6.07 Å². The molecular weight excluding hydrogens is 210 g/mol. The van der Waals surface area contributed by atoms with Crippen LogP contribution in [-0.4, -0.2) is 17.8 Å². The molecule has 2 atom stereocenters. The van der Waals surface area contributed by atoms with E-state index >= 15 is 0 Å². The minimum absolute atomic E-state index is 0.232. The highest BCUT2D eigenvalue weighted by Crippen LogP contribution is 2.21. The lowest BCUT2D eigenvalue weighted by molar-refractivity contribution is 0.153. The molecular formula is C15H25NO. The van der Waals surface area contributed by atoms with E-state index in [-0.39, 0.29) is 6.10 Å². The summed E-state index contributed by atoms with van der Waals surface area (Å²) >= 11 is 0. The van der Waals surface area contributed by atoms with Crippen LogP contribution in [0.25, 0.3) is 0 Å². The Morgan fingerprint density at radius 1 is 1.18 bits per heavy atom. The van der Waals surface area contributed by atoms with Crippen molar-refractivity contribution in [2.75, 3.05) is 6.54 Å². The summed E-state index contributed by atoms with van der Waals surface area (Å²) in [6.07, 6.45) is 1.66. The molecule has 0 heterocycles. The summed E-state index contributed by atoms with van der Waals surface area (Å²) in [5.74, 6) is 0.520. The quantitative estimate of drug-likeness (QED) is 0.761. The second-order valence-electron chi connectivity index (χ2n) is 4.98. The summed E-state index contributed by atoms with van der Waals surface area (Å²) in [6.45, 7) is 7.18. The normalized spacial score (nSPS) is 14.9. The van der Waals surface area contributed by atoms with Gasteiger partial charge in [0.2, 0.25) is 0 Å². The Hall–Kier alpha value is -0.860. The topological polar surface area (TPSA) is 32.3 Å². The van der Waals surface area contributed by atoms with E-state index in [0.29, 0.717) is 18.5 Å². The molecule has 0 fully saturated rings. The summed E-state index contributed by atoms with van der Waals surface area (Å²) in [5, 5.41) is 13.2. The van der Waals surface area contributed by atoms with Crippen LogP contribution in [0.2, 0.25) is 0 Å². The molecule has 0 radical (unpaired) electrons. The first-order valence-corrected chi connectivity index (χ1v) is 6.61. The van der Waals surface area contributed by atoms with Gasteiger partial charge in [0.1, 0.15) is 0 Å². The molecule has 2 heteroatoms. The van der Waals surface area contributed by atoms with E-state index in [1.54, 1.807) is 0 Å². The Bertz CT molecular complexity index is 297. The van der Waals surface area contributed by atoms with Gasteiger partial charge in [0, 0.05) is 12.6 Å². The Morgan fingerprint density at radius 2 is 1.82 bits per heavy atom. The van der Waals surface area contributed by atoms with Crippen molar-refractivity contribution >= 4 is 0 Å². The van der Waals surface area contributed by atoms with Crippen molar-refractivity contribution in [3.05, 3.63) is 35.9 Å². The van der Waals surface area contributed by atoms with Gasteiger partial charge in [0.05, 0.1) is 6.10 Å². The van der Waals surface area contributed by atoms with Crippen molar-refractivity contribution in [1.29, 1.82) is 0 Å². The standard InChI is InChI=1S/C15H25NO/c1-4-8-14(17)11-16-15(12(2)3)13-9-6-5-7-10-13/h5-7,9-10,12,14-17H,4,8,11H2,1-3H3. The summed E-state index contributed by atoms with van der Waals surface area (Å²) in [7, 11) is 0. The zero-order valence-corrected chi connectivity index (χ0v) is 11.2. The first-order valence-electron chi connectivity index (χ1n) is 6.61. The van der Waals surface area contributed by atoms with Crippen LogP contribution in [0, 0.1) is 5.92 Å². The predicted molar refractivity (Wildman–Crippen MR) is 72.9 cm³/mol. The molecule has 1 aromatic rings. The smallest absolute Gasteiger partial charge is 0.0664 e.